The first-order valence-electron chi connectivity index (χ1n) is 7.62. The van der Waals surface area contributed by atoms with Gasteiger partial charge in [0.1, 0.15) is 12.4 Å². The molecular formula is C16H26Cl2N2O. The highest BCUT2D eigenvalue weighted by Gasteiger charge is 2.19. The maximum atomic E-state index is 5.96. The van der Waals surface area contributed by atoms with Gasteiger partial charge in [0.25, 0.3) is 0 Å². The van der Waals surface area contributed by atoms with E-state index in [1.807, 2.05) is 24.3 Å². The van der Waals surface area contributed by atoms with Gasteiger partial charge in [0.15, 0.2) is 0 Å². The van der Waals surface area contributed by atoms with Crippen molar-refractivity contribution in [3.05, 3.63) is 29.3 Å². The van der Waals surface area contributed by atoms with Gasteiger partial charge in [0.2, 0.25) is 0 Å². The molecule has 120 valence electrons. The molecule has 1 saturated heterocycles. The van der Waals surface area contributed by atoms with E-state index in [2.05, 4.69) is 17.1 Å². The molecule has 2 rings (SSSR count). The first kappa shape index (κ1) is 18.6. The summed E-state index contributed by atoms with van der Waals surface area (Å²) in [5.74, 6) is 0.860. The first-order valence-corrected chi connectivity index (χ1v) is 8.00. The molecule has 0 bridgehead atoms. The summed E-state index contributed by atoms with van der Waals surface area (Å²) in [7, 11) is 0. The van der Waals surface area contributed by atoms with Crippen molar-refractivity contribution in [2.45, 2.75) is 32.2 Å². The monoisotopic (exact) mass is 332 g/mol. The van der Waals surface area contributed by atoms with E-state index < -0.39 is 0 Å². The van der Waals surface area contributed by atoms with Crippen LogP contribution in [0.3, 0.4) is 0 Å². The van der Waals surface area contributed by atoms with Crippen LogP contribution in [0.4, 0.5) is 0 Å². The lowest BCUT2D eigenvalue weighted by molar-refractivity contribution is 0.135. The summed E-state index contributed by atoms with van der Waals surface area (Å²) in [5.41, 5.74) is 0. The van der Waals surface area contributed by atoms with Gasteiger partial charge in [-0.15, -0.1) is 12.4 Å². The van der Waals surface area contributed by atoms with E-state index in [0.29, 0.717) is 6.04 Å². The van der Waals surface area contributed by atoms with Crippen LogP contribution >= 0.6 is 24.0 Å². The number of halogens is 2. The third kappa shape index (κ3) is 6.43. The summed E-state index contributed by atoms with van der Waals surface area (Å²) in [4.78, 5) is 2.57. The zero-order valence-electron chi connectivity index (χ0n) is 12.7. The molecule has 0 aromatic heterocycles. The Hall–Kier alpha value is -0.480. The Morgan fingerprint density at radius 3 is 2.71 bits per heavy atom. The lowest BCUT2D eigenvalue weighted by Gasteiger charge is -2.34. The summed E-state index contributed by atoms with van der Waals surface area (Å²) in [6.07, 6.45) is 3.69. The van der Waals surface area contributed by atoms with E-state index in [-0.39, 0.29) is 12.4 Å². The van der Waals surface area contributed by atoms with Crippen LogP contribution in [-0.2, 0) is 0 Å². The van der Waals surface area contributed by atoms with Crippen LogP contribution in [0.2, 0.25) is 5.02 Å². The van der Waals surface area contributed by atoms with Crippen LogP contribution in [0.5, 0.6) is 5.75 Å². The fraction of sp³-hybridized carbons (Fsp3) is 0.625. The quantitative estimate of drug-likeness (QED) is 0.825. The SMILES string of the molecule is CCCN(CCOc1cccc(Cl)c1)C1CCNCC1.Cl. The van der Waals surface area contributed by atoms with Crippen LogP contribution in [0.25, 0.3) is 0 Å². The maximum absolute atomic E-state index is 5.96. The average molecular weight is 333 g/mol. The van der Waals surface area contributed by atoms with Gasteiger partial charge in [-0.25, -0.2) is 0 Å². The van der Waals surface area contributed by atoms with Crippen LogP contribution in [-0.4, -0.2) is 43.7 Å². The van der Waals surface area contributed by atoms with E-state index in [1.54, 1.807) is 0 Å². The van der Waals surface area contributed by atoms with Crippen LogP contribution in [0.15, 0.2) is 24.3 Å². The summed E-state index contributed by atoms with van der Waals surface area (Å²) in [6, 6.07) is 8.33. The number of hydrogen-bond acceptors (Lipinski definition) is 3. The minimum Gasteiger partial charge on any atom is -0.492 e. The largest absolute Gasteiger partial charge is 0.492 e. The fourth-order valence-electron chi connectivity index (χ4n) is 2.77. The molecule has 1 heterocycles. The second-order valence-corrected chi connectivity index (χ2v) is 5.76. The third-order valence-electron chi connectivity index (χ3n) is 3.78. The van der Waals surface area contributed by atoms with E-state index >= 15 is 0 Å². The molecule has 3 nitrogen and oxygen atoms in total. The molecule has 1 fully saturated rings. The zero-order valence-corrected chi connectivity index (χ0v) is 14.3. The van der Waals surface area contributed by atoms with Crippen LogP contribution in [0.1, 0.15) is 26.2 Å². The second kappa shape index (κ2) is 10.3. The number of ether oxygens (including phenoxy) is 1. The van der Waals surface area contributed by atoms with Crippen molar-refractivity contribution in [2.24, 2.45) is 0 Å². The number of piperidine rings is 1. The van der Waals surface area contributed by atoms with Crippen molar-refractivity contribution >= 4 is 24.0 Å². The standard InChI is InChI=1S/C16H25ClN2O.ClH/c1-2-10-19(15-6-8-18-9-7-15)11-12-20-16-5-3-4-14(17)13-16;/h3-5,13,15,18H,2,6-12H2,1H3;1H. The maximum Gasteiger partial charge on any atom is 0.120 e. The van der Waals surface area contributed by atoms with Crippen molar-refractivity contribution in [3.8, 4) is 5.75 Å². The Morgan fingerprint density at radius 1 is 1.29 bits per heavy atom. The lowest BCUT2D eigenvalue weighted by atomic mass is 10.0. The molecule has 0 saturated carbocycles. The van der Waals surface area contributed by atoms with Gasteiger partial charge in [0.05, 0.1) is 0 Å². The molecule has 1 N–H and O–H groups in total. The summed E-state index contributed by atoms with van der Waals surface area (Å²) in [6.45, 7) is 7.39. The number of hydrogen-bond donors (Lipinski definition) is 1. The van der Waals surface area contributed by atoms with Gasteiger partial charge in [-0.3, -0.25) is 4.90 Å². The Labute approximate surface area is 139 Å². The molecule has 0 radical (unpaired) electrons. The highest BCUT2D eigenvalue weighted by atomic mass is 35.5. The van der Waals surface area contributed by atoms with Gasteiger partial charge >= 0.3 is 0 Å². The molecule has 1 aromatic rings. The van der Waals surface area contributed by atoms with Gasteiger partial charge in [-0.2, -0.15) is 0 Å². The zero-order chi connectivity index (χ0) is 14.2. The Morgan fingerprint density at radius 2 is 2.05 bits per heavy atom. The van der Waals surface area contributed by atoms with E-state index in [0.717, 1.165) is 43.6 Å². The Balaban J connectivity index is 0.00000220. The van der Waals surface area contributed by atoms with Gasteiger partial charge in [-0.1, -0.05) is 24.6 Å². The smallest absolute Gasteiger partial charge is 0.120 e. The number of benzene rings is 1. The van der Waals surface area contributed by atoms with Gasteiger partial charge in [0, 0.05) is 17.6 Å². The summed E-state index contributed by atoms with van der Waals surface area (Å²) < 4.78 is 5.81. The van der Waals surface area contributed by atoms with Crippen molar-refractivity contribution in [3.63, 3.8) is 0 Å². The van der Waals surface area contributed by atoms with Crippen molar-refractivity contribution in [1.29, 1.82) is 0 Å². The topological polar surface area (TPSA) is 24.5 Å². The van der Waals surface area contributed by atoms with Crippen molar-refractivity contribution in [2.75, 3.05) is 32.8 Å². The molecule has 0 spiro atoms. The summed E-state index contributed by atoms with van der Waals surface area (Å²) >= 11 is 5.96. The molecule has 0 amide bonds. The number of rotatable bonds is 7. The molecule has 1 aliphatic heterocycles. The van der Waals surface area contributed by atoms with E-state index in [1.165, 1.54) is 19.3 Å². The molecule has 21 heavy (non-hydrogen) atoms. The van der Waals surface area contributed by atoms with E-state index in [4.69, 9.17) is 16.3 Å². The number of nitrogens with one attached hydrogen (secondary N) is 1. The molecule has 5 heteroatoms. The third-order valence-corrected chi connectivity index (χ3v) is 4.01. The molecule has 0 atom stereocenters. The lowest BCUT2D eigenvalue weighted by Crippen LogP contribution is -2.45. The Kier molecular flexibility index (Phi) is 9.09. The fourth-order valence-corrected chi connectivity index (χ4v) is 2.95. The van der Waals surface area contributed by atoms with Gasteiger partial charge in [-0.05, 0) is 57.1 Å². The molecule has 0 unspecified atom stereocenters. The van der Waals surface area contributed by atoms with Gasteiger partial charge < -0.3 is 10.1 Å². The summed E-state index contributed by atoms with van der Waals surface area (Å²) in [5, 5.41) is 4.16. The highest BCUT2D eigenvalue weighted by molar-refractivity contribution is 6.30. The Bertz CT molecular complexity index is 398. The van der Waals surface area contributed by atoms with Crippen molar-refractivity contribution < 1.29 is 4.74 Å². The molecular weight excluding hydrogens is 307 g/mol. The molecule has 1 aromatic carbocycles. The highest BCUT2D eigenvalue weighted by Crippen LogP contribution is 2.17. The second-order valence-electron chi connectivity index (χ2n) is 5.32. The number of nitrogens with zero attached hydrogens (tertiary/aromatic N) is 1. The predicted octanol–water partition coefficient (Wildman–Crippen LogP) is 3.60. The first-order chi connectivity index (χ1) is 9.79. The van der Waals surface area contributed by atoms with Crippen molar-refractivity contribution in [1.82, 2.24) is 10.2 Å². The van der Waals surface area contributed by atoms with Crippen LogP contribution < -0.4 is 10.1 Å². The molecule has 0 aliphatic carbocycles. The normalized spacial score (nSPS) is 15.8. The minimum atomic E-state index is 0. The van der Waals surface area contributed by atoms with Crippen LogP contribution in [0, 0.1) is 0 Å². The molecule has 1 aliphatic rings. The minimum absolute atomic E-state index is 0. The average Bonchev–Trinajstić information content (AvgIpc) is 2.47. The predicted molar refractivity (Wildman–Crippen MR) is 92.0 cm³/mol. The van der Waals surface area contributed by atoms with E-state index in [9.17, 15) is 0 Å².